The van der Waals surface area contributed by atoms with E-state index in [0.29, 0.717) is 17.0 Å². The SMILES string of the molecule is CCCc1c(Cl)ccc(O)c1O. The summed E-state index contributed by atoms with van der Waals surface area (Å²) in [5.74, 6) is -0.202. The Hall–Kier alpha value is -0.890. The summed E-state index contributed by atoms with van der Waals surface area (Å²) in [6.07, 6.45) is 1.57. The maximum absolute atomic E-state index is 9.38. The van der Waals surface area contributed by atoms with Gasteiger partial charge in [0.25, 0.3) is 0 Å². The molecule has 0 saturated carbocycles. The largest absolute Gasteiger partial charge is 0.504 e. The molecule has 1 aromatic rings. The second kappa shape index (κ2) is 3.68. The van der Waals surface area contributed by atoms with Crippen LogP contribution in [0.15, 0.2) is 12.1 Å². The quantitative estimate of drug-likeness (QED) is 0.698. The number of hydrogen-bond acceptors (Lipinski definition) is 2. The highest BCUT2D eigenvalue weighted by molar-refractivity contribution is 6.31. The second-order valence-electron chi connectivity index (χ2n) is 2.64. The van der Waals surface area contributed by atoms with Crippen LogP contribution >= 0.6 is 11.6 Å². The molecule has 2 nitrogen and oxygen atoms in total. The van der Waals surface area contributed by atoms with Gasteiger partial charge < -0.3 is 10.2 Å². The van der Waals surface area contributed by atoms with Crippen molar-refractivity contribution in [2.45, 2.75) is 19.8 Å². The fourth-order valence-electron chi connectivity index (χ4n) is 1.09. The van der Waals surface area contributed by atoms with Gasteiger partial charge in [0.05, 0.1) is 0 Å². The van der Waals surface area contributed by atoms with E-state index in [9.17, 15) is 5.11 Å². The van der Waals surface area contributed by atoms with Crippen molar-refractivity contribution in [1.82, 2.24) is 0 Å². The number of halogens is 1. The van der Waals surface area contributed by atoms with Gasteiger partial charge in [0.1, 0.15) is 0 Å². The van der Waals surface area contributed by atoms with Gasteiger partial charge in [-0.1, -0.05) is 24.9 Å². The lowest BCUT2D eigenvalue weighted by atomic mass is 10.1. The Labute approximate surface area is 76.4 Å². The molecule has 2 N–H and O–H groups in total. The van der Waals surface area contributed by atoms with Gasteiger partial charge in [0, 0.05) is 10.6 Å². The zero-order valence-electron chi connectivity index (χ0n) is 6.84. The van der Waals surface area contributed by atoms with Crippen LogP contribution < -0.4 is 0 Å². The molecule has 0 saturated heterocycles. The number of benzene rings is 1. The minimum absolute atomic E-state index is 0.0932. The molecular weight excluding hydrogens is 176 g/mol. The van der Waals surface area contributed by atoms with E-state index in [2.05, 4.69) is 0 Å². The number of phenols is 2. The van der Waals surface area contributed by atoms with E-state index < -0.39 is 0 Å². The predicted molar refractivity (Wildman–Crippen MR) is 48.8 cm³/mol. The molecule has 0 amide bonds. The van der Waals surface area contributed by atoms with Crippen molar-refractivity contribution >= 4 is 11.6 Å². The number of aromatic hydroxyl groups is 2. The van der Waals surface area contributed by atoms with Crippen molar-refractivity contribution in [2.24, 2.45) is 0 Å². The van der Waals surface area contributed by atoms with Gasteiger partial charge in [-0.15, -0.1) is 0 Å². The Morgan fingerprint density at radius 2 is 2.00 bits per heavy atom. The van der Waals surface area contributed by atoms with E-state index in [-0.39, 0.29) is 11.5 Å². The zero-order chi connectivity index (χ0) is 9.14. The third kappa shape index (κ3) is 1.64. The van der Waals surface area contributed by atoms with Gasteiger partial charge in [0.15, 0.2) is 11.5 Å². The van der Waals surface area contributed by atoms with Crippen LogP contribution in [0.2, 0.25) is 5.02 Å². The normalized spacial score (nSPS) is 10.2. The van der Waals surface area contributed by atoms with Gasteiger partial charge in [-0.2, -0.15) is 0 Å². The third-order valence-electron chi connectivity index (χ3n) is 1.70. The van der Waals surface area contributed by atoms with Crippen LogP contribution in [0.1, 0.15) is 18.9 Å². The zero-order valence-corrected chi connectivity index (χ0v) is 7.60. The monoisotopic (exact) mass is 186 g/mol. The summed E-state index contributed by atoms with van der Waals surface area (Å²) in [6.45, 7) is 1.99. The molecule has 0 atom stereocenters. The van der Waals surface area contributed by atoms with Gasteiger partial charge in [-0.25, -0.2) is 0 Å². The summed E-state index contributed by atoms with van der Waals surface area (Å²) in [7, 11) is 0. The van der Waals surface area contributed by atoms with Crippen LogP contribution in [0.5, 0.6) is 11.5 Å². The average Bonchev–Trinajstić information content (AvgIpc) is 2.06. The molecule has 1 rings (SSSR count). The molecule has 1 aromatic carbocycles. The van der Waals surface area contributed by atoms with Crippen LogP contribution in [0, 0.1) is 0 Å². The first-order chi connectivity index (χ1) is 5.66. The standard InChI is InChI=1S/C9H11ClO2/c1-2-3-6-7(10)4-5-8(11)9(6)12/h4-5,11-12H,2-3H2,1H3. The molecule has 0 bridgehead atoms. The molecule has 66 valence electrons. The second-order valence-corrected chi connectivity index (χ2v) is 3.05. The number of rotatable bonds is 2. The van der Waals surface area contributed by atoms with E-state index >= 15 is 0 Å². The molecule has 0 unspecified atom stereocenters. The predicted octanol–water partition coefficient (Wildman–Crippen LogP) is 2.70. The maximum Gasteiger partial charge on any atom is 0.162 e. The van der Waals surface area contributed by atoms with E-state index in [0.717, 1.165) is 6.42 Å². The van der Waals surface area contributed by atoms with Gasteiger partial charge in [0.2, 0.25) is 0 Å². The average molecular weight is 187 g/mol. The van der Waals surface area contributed by atoms with E-state index in [1.54, 1.807) is 6.07 Å². The topological polar surface area (TPSA) is 40.5 Å². The molecule has 12 heavy (non-hydrogen) atoms. The fraction of sp³-hybridized carbons (Fsp3) is 0.333. The Bertz CT molecular complexity index is 284. The molecule has 0 aliphatic carbocycles. The number of hydrogen-bond donors (Lipinski definition) is 2. The van der Waals surface area contributed by atoms with Crippen molar-refractivity contribution in [3.63, 3.8) is 0 Å². The Balaban J connectivity index is 3.14. The van der Waals surface area contributed by atoms with Gasteiger partial charge >= 0.3 is 0 Å². The molecule has 0 aliphatic rings. The summed E-state index contributed by atoms with van der Waals surface area (Å²) in [5.41, 5.74) is 0.624. The minimum Gasteiger partial charge on any atom is -0.504 e. The first-order valence-electron chi connectivity index (χ1n) is 3.86. The molecule has 0 spiro atoms. The van der Waals surface area contributed by atoms with Gasteiger partial charge in [-0.3, -0.25) is 0 Å². The first-order valence-corrected chi connectivity index (χ1v) is 4.24. The highest BCUT2D eigenvalue weighted by Crippen LogP contribution is 2.34. The summed E-state index contributed by atoms with van der Waals surface area (Å²) in [4.78, 5) is 0. The summed E-state index contributed by atoms with van der Waals surface area (Å²) in [6, 6.07) is 2.97. The Morgan fingerprint density at radius 3 is 2.58 bits per heavy atom. The lowest BCUT2D eigenvalue weighted by Crippen LogP contribution is -1.86. The molecule has 0 aliphatic heterocycles. The van der Waals surface area contributed by atoms with Crippen LogP contribution in [-0.2, 0) is 6.42 Å². The van der Waals surface area contributed by atoms with Crippen LogP contribution in [0.4, 0.5) is 0 Å². The Morgan fingerprint density at radius 1 is 1.33 bits per heavy atom. The minimum atomic E-state index is -0.108. The molecule has 0 fully saturated rings. The highest BCUT2D eigenvalue weighted by atomic mass is 35.5. The lowest BCUT2D eigenvalue weighted by Gasteiger charge is -2.06. The highest BCUT2D eigenvalue weighted by Gasteiger charge is 2.09. The molecule has 0 radical (unpaired) electrons. The summed E-state index contributed by atoms with van der Waals surface area (Å²) < 4.78 is 0. The van der Waals surface area contributed by atoms with Crippen LogP contribution in [-0.4, -0.2) is 10.2 Å². The van der Waals surface area contributed by atoms with Crippen molar-refractivity contribution < 1.29 is 10.2 Å². The number of phenolic OH excluding ortho intramolecular Hbond substituents is 2. The van der Waals surface area contributed by atoms with E-state index in [1.165, 1.54) is 6.07 Å². The maximum atomic E-state index is 9.38. The molecular formula is C9H11ClO2. The Kier molecular flexibility index (Phi) is 2.82. The van der Waals surface area contributed by atoms with Crippen molar-refractivity contribution in [3.05, 3.63) is 22.7 Å². The molecule has 0 aromatic heterocycles. The molecule has 3 heteroatoms. The summed E-state index contributed by atoms with van der Waals surface area (Å²) >= 11 is 5.81. The van der Waals surface area contributed by atoms with Crippen molar-refractivity contribution in [3.8, 4) is 11.5 Å². The van der Waals surface area contributed by atoms with E-state index in [1.807, 2.05) is 6.92 Å². The third-order valence-corrected chi connectivity index (χ3v) is 2.06. The van der Waals surface area contributed by atoms with E-state index in [4.69, 9.17) is 16.7 Å². The fourth-order valence-corrected chi connectivity index (χ4v) is 1.33. The first kappa shape index (κ1) is 9.20. The van der Waals surface area contributed by atoms with Crippen LogP contribution in [0.25, 0.3) is 0 Å². The smallest absolute Gasteiger partial charge is 0.162 e. The molecule has 0 heterocycles. The van der Waals surface area contributed by atoms with Crippen molar-refractivity contribution in [1.29, 1.82) is 0 Å². The summed E-state index contributed by atoms with van der Waals surface area (Å²) in [5, 5.41) is 19.0. The van der Waals surface area contributed by atoms with Gasteiger partial charge in [-0.05, 0) is 18.6 Å². The van der Waals surface area contributed by atoms with Crippen molar-refractivity contribution in [2.75, 3.05) is 0 Å². The van der Waals surface area contributed by atoms with Crippen LogP contribution in [0.3, 0.4) is 0 Å². The lowest BCUT2D eigenvalue weighted by molar-refractivity contribution is 0.399.